The third kappa shape index (κ3) is 0.821. The first-order valence-corrected chi connectivity index (χ1v) is 4.09. The summed E-state index contributed by atoms with van der Waals surface area (Å²) in [7, 11) is 0. The Balaban J connectivity index is 2.28. The van der Waals surface area contributed by atoms with Crippen molar-refractivity contribution in [2.24, 2.45) is 17.0 Å². The zero-order valence-corrected chi connectivity index (χ0v) is 6.51. The van der Waals surface area contributed by atoms with Crippen LogP contribution in [0.3, 0.4) is 0 Å². The van der Waals surface area contributed by atoms with E-state index in [0.717, 1.165) is 19.3 Å². The van der Waals surface area contributed by atoms with Gasteiger partial charge in [-0.3, -0.25) is 10.1 Å². The van der Waals surface area contributed by atoms with Gasteiger partial charge in [0.25, 0.3) is 6.04 Å². The smallest absolute Gasteiger partial charge is 0.257 e. The summed E-state index contributed by atoms with van der Waals surface area (Å²) in [5.74, 6) is 0.297. The van der Waals surface area contributed by atoms with E-state index >= 15 is 0 Å². The monoisotopic (exact) mass is 170 g/mol. The summed E-state index contributed by atoms with van der Waals surface area (Å²) in [5.41, 5.74) is 0.399. The second-order valence-corrected chi connectivity index (χ2v) is 3.53. The van der Waals surface area contributed by atoms with E-state index in [2.05, 4.69) is 5.16 Å². The molecule has 0 aromatic rings. The van der Waals surface area contributed by atoms with Crippen LogP contribution in [0, 0.1) is 22.0 Å². The number of nitrogens with zero attached hydrogens (tertiary/aromatic N) is 2. The minimum atomic E-state index is -0.700. The molecule has 3 atom stereocenters. The van der Waals surface area contributed by atoms with Crippen LogP contribution in [0.25, 0.3) is 0 Å². The molecule has 5 nitrogen and oxygen atoms in total. The third-order valence-corrected chi connectivity index (χ3v) is 2.98. The van der Waals surface area contributed by atoms with E-state index in [1.54, 1.807) is 0 Å². The van der Waals surface area contributed by atoms with Gasteiger partial charge in [-0.05, 0) is 19.3 Å². The Morgan fingerprint density at radius 1 is 1.58 bits per heavy atom. The first kappa shape index (κ1) is 7.52. The summed E-state index contributed by atoms with van der Waals surface area (Å²) >= 11 is 0. The Kier molecular flexibility index (Phi) is 1.52. The van der Waals surface area contributed by atoms with Crippen molar-refractivity contribution in [1.82, 2.24) is 0 Å². The van der Waals surface area contributed by atoms with Crippen LogP contribution in [0.1, 0.15) is 19.3 Å². The van der Waals surface area contributed by atoms with Gasteiger partial charge in [-0.25, -0.2) is 0 Å². The molecule has 2 fully saturated rings. The van der Waals surface area contributed by atoms with Crippen molar-refractivity contribution >= 4 is 5.71 Å². The molecular weight excluding hydrogens is 160 g/mol. The van der Waals surface area contributed by atoms with Gasteiger partial charge in [0.1, 0.15) is 5.71 Å². The van der Waals surface area contributed by atoms with Crippen LogP contribution in [0.15, 0.2) is 5.16 Å². The molecule has 0 aromatic carbocycles. The van der Waals surface area contributed by atoms with Crippen molar-refractivity contribution in [3.05, 3.63) is 10.1 Å². The maximum Gasteiger partial charge on any atom is 0.257 e. The number of hydrogen-bond acceptors (Lipinski definition) is 4. The van der Waals surface area contributed by atoms with Gasteiger partial charge in [0, 0.05) is 16.8 Å². The minimum Gasteiger partial charge on any atom is -0.411 e. The van der Waals surface area contributed by atoms with Crippen LogP contribution < -0.4 is 0 Å². The van der Waals surface area contributed by atoms with Gasteiger partial charge in [-0.2, -0.15) is 0 Å². The predicted molar refractivity (Wildman–Crippen MR) is 40.8 cm³/mol. The molecule has 5 heteroatoms. The molecule has 0 amide bonds. The standard InChI is InChI=1S/C7H10N2O3/c10-8-6-4-1-2-5(3-4)7(6)9(11)12/h4-5,7,10H,1-3H2/b8-6+/t4-,5+,7-/m0/s1. The Morgan fingerprint density at radius 2 is 2.33 bits per heavy atom. The van der Waals surface area contributed by atoms with Crippen molar-refractivity contribution in [2.75, 3.05) is 0 Å². The topological polar surface area (TPSA) is 75.7 Å². The molecule has 0 radical (unpaired) electrons. The summed E-state index contributed by atoms with van der Waals surface area (Å²) in [6, 6.07) is -0.700. The van der Waals surface area contributed by atoms with Crippen molar-refractivity contribution in [2.45, 2.75) is 25.3 Å². The van der Waals surface area contributed by atoms with Crippen LogP contribution in [0.5, 0.6) is 0 Å². The highest BCUT2D eigenvalue weighted by Gasteiger charge is 2.52. The molecule has 2 aliphatic rings. The highest BCUT2D eigenvalue weighted by atomic mass is 16.6. The fraction of sp³-hybridized carbons (Fsp3) is 0.857. The van der Waals surface area contributed by atoms with Crippen molar-refractivity contribution in [3.63, 3.8) is 0 Å². The molecule has 2 rings (SSSR count). The second-order valence-electron chi connectivity index (χ2n) is 3.53. The number of oxime groups is 1. The zero-order chi connectivity index (χ0) is 8.72. The average molecular weight is 170 g/mol. The average Bonchev–Trinajstić information content (AvgIpc) is 2.60. The fourth-order valence-corrected chi connectivity index (χ4v) is 2.48. The lowest BCUT2D eigenvalue weighted by atomic mass is 9.94. The van der Waals surface area contributed by atoms with Gasteiger partial charge < -0.3 is 5.21 Å². The van der Waals surface area contributed by atoms with E-state index in [4.69, 9.17) is 5.21 Å². The molecule has 12 heavy (non-hydrogen) atoms. The molecule has 2 saturated carbocycles. The van der Waals surface area contributed by atoms with E-state index < -0.39 is 6.04 Å². The molecule has 0 heterocycles. The second kappa shape index (κ2) is 2.43. The van der Waals surface area contributed by atoms with Crippen LogP contribution >= 0.6 is 0 Å². The number of rotatable bonds is 1. The lowest BCUT2D eigenvalue weighted by Gasteiger charge is -2.14. The van der Waals surface area contributed by atoms with Crippen molar-refractivity contribution in [1.29, 1.82) is 0 Å². The fourth-order valence-electron chi connectivity index (χ4n) is 2.48. The Morgan fingerprint density at radius 3 is 2.83 bits per heavy atom. The first-order valence-electron chi connectivity index (χ1n) is 4.09. The molecule has 0 aliphatic heterocycles. The Labute approximate surface area is 69.2 Å². The predicted octanol–water partition coefficient (Wildman–Crippen LogP) is 0.892. The largest absolute Gasteiger partial charge is 0.411 e. The normalized spacial score (nSPS) is 42.3. The number of nitro groups is 1. The minimum absolute atomic E-state index is 0.121. The van der Waals surface area contributed by atoms with Crippen molar-refractivity contribution in [3.8, 4) is 0 Å². The molecule has 0 unspecified atom stereocenters. The molecular formula is C7H10N2O3. The van der Waals surface area contributed by atoms with E-state index in [1.165, 1.54) is 0 Å². The highest BCUT2D eigenvalue weighted by molar-refractivity contribution is 5.93. The first-order chi connectivity index (χ1) is 5.74. The Bertz CT molecular complexity index is 251. The Hall–Kier alpha value is -1.13. The van der Waals surface area contributed by atoms with Crippen molar-refractivity contribution < 1.29 is 10.1 Å². The van der Waals surface area contributed by atoms with Gasteiger partial charge in [-0.1, -0.05) is 5.16 Å². The van der Waals surface area contributed by atoms with Gasteiger partial charge in [-0.15, -0.1) is 0 Å². The van der Waals surface area contributed by atoms with Crippen LogP contribution in [-0.4, -0.2) is 21.9 Å². The summed E-state index contributed by atoms with van der Waals surface area (Å²) in [6.07, 6.45) is 2.70. The maximum absolute atomic E-state index is 10.6. The van der Waals surface area contributed by atoms with E-state index in [9.17, 15) is 10.1 Å². The van der Waals surface area contributed by atoms with Crippen LogP contribution in [-0.2, 0) is 0 Å². The van der Waals surface area contributed by atoms with Gasteiger partial charge in [0.2, 0.25) is 0 Å². The summed E-state index contributed by atoms with van der Waals surface area (Å²) in [6.45, 7) is 0. The van der Waals surface area contributed by atoms with E-state index in [-0.39, 0.29) is 16.8 Å². The summed E-state index contributed by atoms with van der Waals surface area (Å²) in [5, 5.41) is 22.2. The molecule has 2 aliphatic carbocycles. The third-order valence-electron chi connectivity index (χ3n) is 2.98. The highest BCUT2D eigenvalue weighted by Crippen LogP contribution is 2.43. The number of fused-ring (bicyclic) bond motifs is 2. The summed E-state index contributed by atoms with van der Waals surface area (Å²) in [4.78, 5) is 10.3. The lowest BCUT2D eigenvalue weighted by Crippen LogP contribution is -2.35. The van der Waals surface area contributed by atoms with Gasteiger partial charge >= 0.3 is 0 Å². The molecule has 1 N–H and O–H groups in total. The van der Waals surface area contributed by atoms with Crippen LogP contribution in [0.4, 0.5) is 0 Å². The maximum atomic E-state index is 10.6. The molecule has 0 aromatic heterocycles. The molecule has 66 valence electrons. The lowest BCUT2D eigenvalue weighted by molar-refractivity contribution is -0.510. The SMILES string of the molecule is O=[N+]([O-])[C@@H]1/C(=N/O)[C@H]2CC[C@@H]1C2. The molecule has 0 spiro atoms. The van der Waals surface area contributed by atoms with E-state index in [0.29, 0.717) is 5.71 Å². The van der Waals surface area contributed by atoms with Gasteiger partial charge in [0.15, 0.2) is 0 Å². The van der Waals surface area contributed by atoms with Gasteiger partial charge in [0.05, 0.1) is 0 Å². The van der Waals surface area contributed by atoms with Crippen LogP contribution in [0.2, 0.25) is 0 Å². The summed E-state index contributed by atoms with van der Waals surface area (Å²) < 4.78 is 0. The molecule has 2 bridgehead atoms. The number of hydrogen-bond donors (Lipinski definition) is 1. The van der Waals surface area contributed by atoms with E-state index in [1.807, 2.05) is 0 Å². The molecule has 0 saturated heterocycles. The quantitative estimate of drug-likeness (QED) is 0.360. The zero-order valence-electron chi connectivity index (χ0n) is 6.51.